The lowest BCUT2D eigenvalue weighted by atomic mass is 9.89. The van der Waals surface area contributed by atoms with Crippen LogP contribution in [0.3, 0.4) is 0 Å². The topological polar surface area (TPSA) is 71.8 Å². The molecule has 0 saturated carbocycles. The third-order valence-corrected chi connectivity index (χ3v) is 1.85. The number of hydrogen-bond acceptors (Lipinski definition) is 2. The van der Waals surface area contributed by atoms with Crippen LogP contribution in [0.15, 0.2) is 12.3 Å². The summed E-state index contributed by atoms with van der Waals surface area (Å²) >= 11 is 0. The van der Waals surface area contributed by atoms with E-state index < -0.39 is 5.91 Å². The zero-order chi connectivity index (χ0) is 10.8. The van der Waals surface area contributed by atoms with Gasteiger partial charge in [-0.05, 0) is 6.08 Å². The molecule has 3 N–H and O–H groups in total. The lowest BCUT2D eigenvalue weighted by molar-refractivity contribution is -0.113. The standard InChI is InChI=1S/C10H15N3O/c1-10(2,3)9-7(6-12-13-9)4-5-8(11)14/h4-6H,1-3H3,(H2,11,14)(H,12,13)/b5-4-. The molecule has 4 heteroatoms. The number of aromatic amines is 1. The first-order chi connectivity index (χ1) is 6.41. The van der Waals surface area contributed by atoms with Gasteiger partial charge in [0.15, 0.2) is 0 Å². The maximum Gasteiger partial charge on any atom is 0.241 e. The van der Waals surface area contributed by atoms with Gasteiger partial charge in [-0.1, -0.05) is 20.8 Å². The van der Waals surface area contributed by atoms with Crippen LogP contribution in [0.2, 0.25) is 0 Å². The SMILES string of the molecule is CC(C)(C)c1[nH]ncc1/C=C\C(N)=O. The van der Waals surface area contributed by atoms with Crippen LogP contribution >= 0.6 is 0 Å². The highest BCUT2D eigenvalue weighted by Gasteiger charge is 2.18. The molecule has 0 aliphatic heterocycles. The van der Waals surface area contributed by atoms with Gasteiger partial charge in [0.25, 0.3) is 0 Å². The Morgan fingerprint density at radius 1 is 1.57 bits per heavy atom. The van der Waals surface area contributed by atoms with E-state index in [0.717, 1.165) is 11.3 Å². The van der Waals surface area contributed by atoms with E-state index in [1.807, 2.05) is 0 Å². The third kappa shape index (κ3) is 2.45. The van der Waals surface area contributed by atoms with Gasteiger partial charge < -0.3 is 5.73 Å². The smallest absolute Gasteiger partial charge is 0.241 e. The Balaban J connectivity index is 3.00. The molecule has 0 atom stereocenters. The van der Waals surface area contributed by atoms with Crippen LogP contribution in [0, 0.1) is 0 Å². The van der Waals surface area contributed by atoms with Crippen molar-refractivity contribution in [2.45, 2.75) is 26.2 Å². The van der Waals surface area contributed by atoms with Gasteiger partial charge in [0.2, 0.25) is 5.91 Å². The minimum atomic E-state index is -0.453. The van der Waals surface area contributed by atoms with Crippen LogP contribution in [0.4, 0.5) is 0 Å². The third-order valence-electron chi connectivity index (χ3n) is 1.85. The van der Waals surface area contributed by atoms with Gasteiger partial charge in [0.1, 0.15) is 0 Å². The molecule has 0 fully saturated rings. The average molecular weight is 193 g/mol. The van der Waals surface area contributed by atoms with E-state index in [1.165, 1.54) is 6.08 Å². The minimum absolute atomic E-state index is 0.0200. The molecule has 0 aliphatic rings. The summed E-state index contributed by atoms with van der Waals surface area (Å²) in [5.41, 5.74) is 6.89. The highest BCUT2D eigenvalue weighted by Crippen LogP contribution is 2.23. The lowest BCUT2D eigenvalue weighted by Crippen LogP contribution is -2.13. The lowest BCUT2D eigenvalue weighted by Gasteiger charge is -2.16. The maximum atomic E-state index is 10.6. The molecule has 0 aromatic carbocycles. The fourth-order valence-corrected chi connectivity index (χ4v) is 1.19. The number of hydrogen-bond donors (Lipinski definition) is 2. The fraction of sp³-hybridized carbons (Fsp3) is 0.400. The second-order valence-electron chi connectivity index (χ2n) is 4.19. The van der Waals surface area contributed by atoms with Crippen molar-refractivity contribution in [2.75, 3.05) is 0 Å². The number of amides is 1. The summed E-state index contributed by atoms with van der Waals surface area (Å²) in [6, 6.07) is 0. The first-order valence-corrected chi connectivity index (χ1v) is 4.42. The molecule has 1 aromatic heterocycles. The molecule has 0 unspecified atom stereocenters. The van der Waals surface area contributed by atoms with Crippen molar-refractivity contribution in [3.8, 4) is 0 Å². The van der Waals surface area contributed by atoms with Crippen LogP contribution in [-0.2, 0) is 10.2 Å². The van der Waals surface area contributed by atoms with Gasteiger partial charge in [-0.2, -0.15) is 5.10 Å². The van der Waals surface area contributed by atoms with E-state index in [4.69, 9.17) is 5.73 Å². The molecule has 1 heterocycles. The molecule has 0 bridgehead atoms. The molecule has 76 valence electrons. The highest BCUT2D eigenvalue weighted by atomic mass is 16.1. The second-order valence-corrected chi connectivity index (χ2v) is 4.19. The maximum absolute atomic E-state index is 10.6. The molecule has 1 amide bonds. The van der Waals surface area contributed by atoms with E-state index in [9.17, 15) is 4.79 Å². The first kappa shape index (κ1) is 10.5. The molecule has 14 heavy (non-hydrogen) atoms. The molecule has 0 saturated heterocycles. The Kier molecular flexibility index (Phi) is 2.74. The normalized spacial score (nSPS) is 12.2. The number of carbonyl (C=O) groups excluding carboxylic acids is 1. The van der Waals surface area contributed by atoms with Crippen molar-refractivity contribution in [3.63, 3.8) is 0 Å². The molecule has 1 rings (SSSR count). The number of H-pyrrole nitrogens is 1. The van der Waals surface area contributed by atoms with E-state index in [1.54, 1.807) is 12.3 Å². The van der Waals surface area contributed by atoms with Crippen molar-refractivity contribution in [2.24, 2.45) is 5.73 Å². The van der Waals surface area contributed by atoms with Crippen molar-refractivity contribution in [1.29, 1.82) is 0 Å². The van der Waals surface area contributed by atoms with Crippen LogP contribution in [0.25, 0.3) is 6.08 Å². The van der Waals surface area contributed by atoms with Crippen molar-refractivity contribution >= 4 is 12.0 Å². The summed E-state index contributed by atoms with van der Waals surface area (Å²) in [6.45, 7) is 6.21. The Morgan fingerprint density at radius 3 is 2.71 bits per heavy atom. The molecular formula is C10H15N3O. The number of primary amides is 1. The van der Waals surface area contributed by atoms with Crippen LogP contribution in [0.1, 0.15) is 32.0 Å². The Bertz CT molecular complexity index is 358. The number of nitrogens with two attached hydrogens (primary N) is 1. The highest BCUT2D eigenvalue weighted by molar-refractivity contribution is 5.90. The predicted octanol–water partition coefficient (Wildman–Crippen LogP) is 1.21. The summed E-state index contributed by atoms with van der Waals surface area (Å²) in [7, 11) is 0. The zero-order valence-electron chi connectivity index (χ0n) is 8.66. The summed E-state index contributed by atoms with van der Waals surface area (Å²) in [5.74, 6) is -0.453. The van der Waals surface area contributed by atoms with E-state index in [-0.39, 0.29) is 5.41 Å². The monoisotopic (exact) mass is 193 g/mol. The summed E-state index contributed by atoms with van der Waals surface area (Å²) in [5, 5.41) is 6.85. The van der Waals surface area contributed by atoms with Crippen molar-refractivity contribution in [3.05, 3.63) is 23.5 Å². The molecule has 0 aliphatic carbocycles. The first-order valence-electron chi connectivity index (χ1n) is 4.42. The molecular weight excluding hydrogens is 178 g/mol. The van der Waals surface area contributed by atoms with E-state index in [0.29, 0.717) is 0 Å². The number of rotatable bonds is 2. The van der Waals surface area contributed by atoms with Crippen molar-refractivity contribution < 1.29 is 4.79 Å². The number of nitrogens with one attached hydrogen (secondary N) is 1. The Labute approximate surface area is 83.2 Å². The van der Waals surface area contributed by atoms with Gasteiger partial charge in [-0.25, -0.2) is 0 Å². The van der Waals surface area contributed by atoms with Crippen molar-refractivity contribution in [1.82, 2.24) is 10.2 Å². The average Bonchev–Trinajstić information content (AvgIpc) is 2.46. The van der Waals surface area contributed by atoms with Crippen LogP contribution in [-0.4, -0.2) is 16.1 Å². The minimum Gasteiger partial charge on any atom is -0.366 e. The molecule has 1 aromatic rings. The molecule has 4 nitrogen and oxygen atoms in total. The number of nitrogens with zero attached hydrogens (tertiary/aromatic N) is 1. The number of aromatic nitrogens is 2. The number of carbonyl (C=O) groups is 1. The summed E-state index contributed by atoms with van der Waals surface area (Å²) < 4.78 is 0. The van der Waals surface area contributed by atoms with E-state index in [2.05, 4.69) is 31.0 Å². The predicted molar refractivity (Wildman–Crippen MR) is 55.5 cm³/mol. The summed E-state index contributed by atoms with van der Waals surface area (Å²) in [4.78, 5) is 10.6. The molecule has 0 spiro atoms. The van der Waals surface area contributed by atoms with E-state index >= 15 is 0 Å². The molecule has 0 radical (unpaired) electrons. The Hall–Kier alpha value is -1.58. The van der Waals surface area contributed by atoms with Gasteiger partial charge in [-0.3, -0.25) is 9.89 Å². The van der Waals surface area contributed by atoms with Gasteiger partial charge >= 0.3 is 0 Å². The van der Waals surface area contributed by atoms with Crippen LogP contribution in [0.5, 0.6) is 0 Å². The Morgan fingerprint density at radius 2 is 2.21 bits per heavy atom. The fourth-order valence-electron chi connectivity index (χ4n) is 1.19. The van der Waals surface area contributed by atoms with Crippen LogP contribution < -0.4 is 5.73 Å². The quantitative estimate of drug-likeness (QED) is 0.693. The summed E-state index contributed by atoms with van der Waals surface area (Å²) in [6.07, 6.45) is 4.69. The largest absolute Gasteiger partial charge is 0.366 e. The van der Waals surface area contributed by atoms with Gasteiger partial charge in [-0.15, -0.1) is 0 Å². The second kappa shape index (κ2) is 3.65. The van der Waals surface area contributed by atoms with Gasteiger partial charge in [0, 0.05) is 22.7 Å². The van der Waals surface area contributed by atoms with Gasteiger partial charge in [0.05, 0.1) is 6.20 Å². The zero-order valence-corrected chi connectivity index (χ0v) is 8.66.